The molecule has 0 bridgehead atoms. The second kappa shape index (κ2) is 6.18. The van der Waals surface area contributed by atoms with Crippen LogP contribution >= 0.6 is 11.6 Å². The molecule has 2 rings (SSSR count). The van der Waals surface area contributed by atoms with Crippen LogP contribution in [0.3, 0.4) is 0 Å². The second-order valence-electron chi connectivity index (χ2n) is 4.48. The topological polar surface area (TPSA) is 43.8 Å². The van der Waals surface area contributed by atoms with Gasteiger partial charge in [0, 0.05) is 43.3 Å². The molecule has 0 saturated carbocycles. The van der Waals surface area contributed by atoms with Gasteiger partial charge < -0.3 is 10.0 Å². The summed E-state index contributed by atoms with van der Waals surface area (Å²) in [7, 11) is 0. The Morgan fingerprint density at radius 3 is 2.56 bits per heavy atom. The molecule has 1 aliphatic heterocycles. The van der Waals surface area contributed by atoms with E-state index >= 15 is 0 Å². The fourth-order valence-corrected chi connectivity index (χ4v) is 2.40. The maximum atomic E-state index is 10.6. The SMILES string of the molecule is O=CN1CCN(CC(O)c2ccccc2Cl)CC1. The summed E-state index contributed by atoms with van der Waals surface area (Å²) in [6.45, 7) is 3.58. The van der Waals surface area contributed by atoms with Gasteiger partial charge in [-0.25, -0.2) is 0 Å². The van der Waals surface area contributed by atoms with Gasteiger partial charge in [0.05, 0.1) is 6.10 Å². The fourth-order valence-electron chi connectivity index (χ4n) is 2.14. The molecule has 1 N–H and O–H groups in total. The first-order valence-corrected chi connectivity index (χ1v) is 6.42. The van der Waals surface area contributed by atoms with E-state index in [1.807, 2.05) is 18.2 Å². The van der Waals surface area contributed by atoms with Gasteiger partial charge in [0.15, 0.2) is 0 Å². The Labute approximate surface area is 112 Å². The summed E-state index contributed by atoms with van der Waals surface area (Å²) in [5, 5.41) is 10.8. The van der Waals surface area contributed by atoms with E-state index in [0.717, 1.165) is 38.2 Å². The molecule has 98 valence electrons. The Hall–Kier alpha value is -1.10. The van der Waals surface area contributed by atoms with Gasteiger partial charge in [0.2, 0.25) is 6.41 Å². The van der Waals surface area contributed by atoms with Crippen molar-refractivity contribution in [2.45, 2.75) is 6.10 Å². The minimum Gasteiger partial charge on any atom is -0.387 e. The Kier molecular flexibility index (Phi) is 4.58. The molecule has 1 aromatic rings. The highest BCUT2D eigenvalue weighted by Crippen LogP contribution is 2.23. The van der Waals surface area contributed by atoms with E-state index < -0.39 is 6.10 Å². The molecular formula is C13H17ClN2O2. The van der Waals surface area contributed by atoms with Crippen molar-refractivity contribution >= 4 is 18.0 Å². The number of benzene rings is 1. The minimum atomic E-state index is -0.582. The molecule has 0 aromatic heterocycles. The van der Waals surface area contributed by atoms with Crippen LogP contribution in [0, 0.1) is 0 Å². The van der Waals surface area contributed by atoms with Crippen LogP contribution < -0.4 is 0 Å². The van der Waals surface area contributed by atoms with Crippen LogP contribution in [-0.4, -0.2) is 54.0 Å². The third-order valence-corrected chi connectivity index (χ3v) is 3.60. The number of rotatable bonds is 4. The van der Waals surface area contributed by atoms with Crippen LogP contribution in [0.4, 0.5) is 0 Å². The van der Waals surface area contributed by atoms with Crippen LogP contribution in [0.2, 0.25) is 5.02 Å². The lowest BCUT2D eigenvalue weighted by Crippen LogP contribution is -2.46. The summed E-state index contributed by atoms with van der Waals surface area (Å²) in [6, 6.07) is 7.34. The number of β-amino-alcohol motifs (C(OH)–C–C–N with tert-alkyl or cyclic N) is 1. The maximum Gasteiger partial charge on any atom is 0.209 e. The summed E-state index contributed by atoms with van der Waals surface area (Å²) >= 11 is 6.05. The Morgan fingerprint density at radius 2 is 1.94 bits per heavy atom. The normalized spacial score (nSPS) is 18.7. The van der Waals surface area contributed by atoms with Gasteiger partial charge in [-0.15, -0.1) is 0 Å². The number of piperazine rings is 1. The van der Waals surface area contributed by atoms with Gasteiger partial charge in [-0.05, 0) is 6.07 Å². The number of aliphatic hydroxyl groups excluding tert-OH is 1. The molecule has 1 atom stereocenters. The van der Waals surface area contributed by atoms with E-state index in [9.17, 15) is 9.90 Å². The molecule has 0 aliphatic carbocycles. The Balaban J connectivity index is 1.90. The van der Waals surface area contributed by atoms with Crippen LogP contribution in [0.1, 0.15) is 11.7 Å². The zero-order valence-corrected chi connectivity index (χ0v) is 10.9. The lowest BCUT2D eigenvalue weighted by molar-refractivity contribution is -0.119. The fraction of sp³-hybridized carbons (Fsp3) is 0.462. The van der Waals surface area contributed by atoms with Crippen LogP contribution in [0.5, 0.6) is 0 Å². The Bertz CT molecular complexity index is 406. The molecule has 1 amide bonds. The highest BCUT2D eigenvalue weighted by Gasteiger charge is 2.19. The summed E-state index contributed by atoms with van der Waals surface area (Å²) in [5.74, 6) is 0. The molecule has 4 nitrogen and oxygen atoms in total. The molecule has 1 heterocycles. The lowest BCUT2D eigenvalue weighted by atomic mass is 10.1. The first-order chi connectivity index (χ1) is 8.70. The predicted molar refractivity (Wildman–Crippen MR) is 70.5 cm³/mol. The van der Waals surface area contributed by atoms with Gasteiger partial charge in [-0.3, -0.25) is 9.69 Å². The van der Waals surface area contributed by atoms with Gasteiger partial charge in [0.1, 0.15) is 0 Å². The number of carbonyl (C=O) groups is 1. The van der Waals surface area contributed by atoms with Crippen molar-refractivity contribution in [1.29, 1.82) is 0 Å². The van der Waals surface area contributed by atoms with Crippen molar-refractivity contribution in [2.75, 3.05) is 32.7 Å². The minimum absolute atomic E-state index is 0.552. The van der Waals surface area contributed by atoms with E-state index in [1.54, 1.807) is 11.0 Å². The number of nitrogens with zero attached hydrogens (tertiary/aromatic N) is 2. The zero-order valence-electron chi connectivity index (χ0n) is 10.1. The molecule has 1 saturated heterocycles. The quantitative estimate of drug-likeness (QED) is 0.833. The van der Waals surface area contributed by atoms with E-state index in [2.05, 4.69) is 4.90 Å². The van der Waals surface area contributed by atoms with Crippen molar-refractivity contribution in [1.82, 2.24) is 9.80 Å². The van der Waals surface area contributed by atoms with Gasteiger partial charge >= 0.3 is 0 Å². The monoisotopic (exact) mass is 268 g/mol. The largest absolute Gasteiger partial charge is 0.387 e. The van der Waals surface area contributed by atoms with Crippen molar-refractivity contribution in [3.8, 4) is 0 Å². The van der Waals surface area contributed by atoms with E-state index in [1.165, 1.54) is 0 Å². The Morgan fingerprint density at radius 1 is 1.28 bits per heavy atom. The van der Waals surface area contributed by atoms with Gasteiger partial charge in [0.25, 0.3) is 0 Å². The third kappa shape index (κ3) is 3.22. The molecule has 1 aromatic carbocycles. The van der Waals surface area contributed by atoms with E-state index in [0.29, 0.717) is 11.6 Å². The number of aliphatic hydroxyl groups is 1. The van der Waals surface area contributed by atoms with Crippen molar-refractivity contribution in [3.05, 3.63) is 34.9 Å². The number of halogens is 1. The molecule has 1 unspecified atom stereocenters. The highest BCUT2D eigenvalue weighted by molar-refractivity contribution is 6.31. The summed E-state index contributed by atoms with van der Waals surface area (Å²) in [4.78, 5) is 14.5. The second-order valence-corrected chi connectivity index (χ2v) is 4.89. The van der Waals surface area contributed by atoms with Crippen molar-refractivity contribution < 1.29 is 9.90 Å². The third-order valence-electron chi connectivity index (χ3n) is 3.25. The molecular weight excluding hydrogens is 252 g/mol. The number of hydrogen-bond acceptors (Lipinski definition) is 3. The molecule has 0 radical (unpaired) electrons. The standard InChI is InChI=1S/C13H17ClN2O2/c14-12-4-2-1-3-11(12)13(18)9-15-5-7-16(10-17)8-6-15/h1-4,10,13,18H,5-9H2. The smallest absolute Gasteiger partial charge is 0.209 e. The van der Waals surface area contributed by atoms with Gasteiger partial charge in [-0.1, -0.05) is 29.8 Å². The number of carbonyl (C=O) groups excluding carboxylic acids is 1. The van der Waals surface area contributed by atoms with Crippen LogP contribution in [0.25, 0.3) is 0 Å². The van der Waals surface area contributed by atoms with E-state index in [4.69, 9.17) is 11.6 Å². The van der Waals surface area contributed by atoms with Crippen molar-refractivity contribution in [3.63, 3.8) is 0 Å². The summed E-state index contributed by atoms with van der Waals surface area (Å²) < 4.78 is 0. The predicted octanol–water partition coefficient (Wildman–Crippen LogP) is 1.15. The summed E-state index contributed by atoms with van der Waals surface area (Å²) in [6.07, 6.45) is 0.295. The molecule has 1 fully saturated rings. The number of amides is 1. The van der Waals surface area contributed by atoms with Crippen LogP contribution in [-0.2, 0) is 4.79 Å². The van der Waals surface area contributed by atoms with E-state index in [-0.39, 0.29) is 0 Å². The maximum absolute atomic E-state index is 10.6. The summed E-state index contributed by atoms with van der Waals surface area (Å²) in [5.41, 5.74) is 0.761. The average Bonchev–Trinajstić information content (AvgIpc) is 2.40. The lowest BCUT2D eigenvalue weighted by Gasteiger charge is -2.33. The van der Waals surface area contributed by atoms with Crippen molar-refractivity contribution in [2.24, 2.45) is 0 Å². The number of hydrogen-bond donors (Lipinski definition) is 1. The molecule has 5 heteroatoms. The molecule has 18 heavy (non-hydrogen) atoms. The average molecular weight is 269 g/mol. The van der Waals surface area contributed by atoms with Crippen LogP contribution in [0.15, 0.2) is 24.3 Å². The zero-order chi connectivity index (χ0) is 13.0. The molecule has 0 spiro atoms. The highest BCUT2D eigenvalue weighted by atomic mass is 35.5. The molecule has 1 aliphatic rings. The first-order valence-electron chi connectivity index (χ1n) is 6.05. The first kappa shape index (κ1) is 13.3. The van der Waals surface area contributed by atoms with Gasteiger partial charge in [-0.2, -0.15) is 0 Å².